The standard InChI is InChI=1S/C12H22N2O3/c1-8(2)12(5-6-13-7-12)11(16)14-9(3)10(15)17-4/h8-9,13H,5-7H2,1-4H3,(H,14,16). The molecule has 0 bridgehead atoms. The van der Waals surface area contributed by atoms with Crippen molar-refractivity contribution in [1.82, 2.24) is 10.6 Å². The molecule has 0 aromatic heterocycles. The zero-order valence-electron chi connectivity index (χ0n) is 11.0. The van der Waals surface area contributed by atoms with Gasteiger partial charge in [0.15, 0.2) is 0 Å². The van der Waals surface area contributed by atoms with Gasteiger partial charge in [0.1, 0.15) is 6.04 Å². The van der Waals surface area contributed by atoms with Gasteiger partial charge in [-0.15, -0.1) is 0 Å². The summed E-state index contributed by atoms with van der Waals surface area (Å²) in [6.07, 6.45) is 0.810. The Bertz CT molecular complexity index is 296. The van der Waals surface area contributed by atoms with Crippen molar-refractivity contribution in [2.45, 2.75) is 33.2 Å². The second kappa shape index (κ2) is 5.49. The van der Waals surface area contributed by atoms with E-state index in [9.17, 15) is 9.59 Å². The molecule has 0 aromatic rings. The lowest BCUT2D eigenvalue weighted by Gasteiger charge is -2.32. The highest BCUT2D eigenvalue weighted by molar-refractivity contribution is 5.88. The van der Waals surface area contributed by atoms with Crippen LogP contribution < -0.4 is 10.6 Å². The molecule has 98 valence electrons. The molecule has 1 fully saturated rings. The van der Waals surface area contributed by atoms with Crippen molar-refractivity contribution in [1.29, 1.82) is 0 Å². The van der Waals surface area contributed by atoms with E-state index < -0.39 is 17.4 Å². The summed E-state index contributed by atoms with van der Waals surface area (Å²) in [5.41, 5.74) is -0.401. The summed E-state index contributed by atoms with van der Waals surface area (Å²) in [5, 5.41) is 5.96. The average Bonchev–Trinajstić information content (AvgIpc) is 2.77. The molecule has 1 saturated heterocycles. The van der Waals surface area contributed by atoms with Crippen LogP contribution in [0.4, 0.5) is 0 Å². The molecule has 17 heavy (non-hydrogen) atoms. The summed E-state index contributed by atoms with van der Waals surface area (Å²) >= 11 is 0. The van der Waals surface area contributed by atoms with Crippen LogP contribution in [-0.2, 0) is 14.3 Å². The van der Waals surface area contributed by atoms with Gasteiger partial charge in [0.25, 0.3) is 0 Å². The summed E-state index contributed by atoms with van der Waals surface area (Å²) in [5.74, 6) is -0.235. The van der Waals surface area contributed by atoms with Crippen LogP contribution in [0.25, 0.3) is 0 Å². The van der Waals surface area contributed by atoms with Crippen molar-refractivity contribution in [2.75, 3.05) is 20.2 Å². The van der Waals surface area contributed by atoms with Crippen LogP contribution in [0, 0.1) is 11.3 Å². The molecular formula is C12H22N2O3. The average molecular weight is 242 g/mol. The molecule has 5 nitrogen and oxygen atoms in total. The predicted octanol–water partition coefficient (Wildman–Crippen LogP) is 0.300. The van der Waals surface area contributed by atoms with Crippen molar-refractivity contribution in [3.05, 3.63) is 0 Å². The Kier molecular flexibility index (Phi) is 4.51. The largest absolute Gasteiger partial charge is 0.467 e. The number of hydrogen-bond acceptors (Lipinski definition) is 4. The Labute approximate surface area is 102 Å². The minimum absolute atomic E-state index is 0.0598. The SMILES string of the molecule is COC(=O)C(C)NC(=O)C1(C(C)C)CCNC1. The van der Waals surface area contributed by atoms with Gasteiger partial charge < -0.3 is 15.4 Å². The Morgan fingerprint density at radius 2 is 2.00 bits per heavy atom. The van der Waals surface area contributed by atoms with E-state index in [2.05, 4.69) is 15.4 Å². The van der Waals surface area contributed by atoms with E-state index in [1.54, 1.807) is 6.92 Å². The van der Waals surface area contributed by atoms with Gasteiger partial charge >= 0.3 is 5.97 Å². The predicted molar refractivity (Wildman–Crippen MR) is 64.4 cm³/mol. The number of rotatable bonds is 4. The van der Waals surface area contributed by atoms with Crippen molar-refractivity contribution in [3.63, 3.8) is 0 Å². The molecule has 0 saturated carbocycles. The minimum Gasteiger partial charge on any atom is -0.467 e. The highest BCUT2D eigenvalue weighted by atomic mass is 16.5. The molecule has 2 atom stereocenters. The summed E-state index contributed by atoms with van der Waals surface area (Å²) in [7, 11) is 1.32. The van der Waals surface area contributed by atoms with E-state index in [4.69, 9.17) is 0 Å². The van der Waals surface area contributed by atoms with Crippen LogP contribution in [0.1, 0.15) is 27.2 Å². The van der Waals surface area contributed by atoms with Gasteiger partial charge in [0.05, 0.1) is 12.5 Å². The van der Waals surface area contributed by atoms with Crippen LogP contribution >= 0.6 is 0 Å². The fraction of sp³-hybridized carbons (Fsp3) is 0.833. The molecule has 5 heteroatoms. The molecule has 0 aliphatic carbocycles. The van der Waals surface area contributed by atoms with E-state index in [0.29, 0.717) is 6.54 Å². The fourth-order valence-corrected chi connectivity index (χ4v) is 2.24. The van der Waals surface area contributed by atoms with Gasteiger partial charge in [-0.2, -0.15) is 0 Å². The second-order valence-corrected chi connectivity index (χ2v) is 4.96. The quantitative estimate of drug-likeness (QED) is 0.696. The number of nitrogens with one attached hydrogen (secondary N) is 2. The summed E-state index contributed by atoms with van der Waals surface area (Å²) in [6, 6.07) is -0.594. The van der Waals surface area contributed by atoms with Gasteiger partial charge in [-0.3, -0.25) is 4.79 Å². The van der Waals surface area contributed by atoms with E-state index in [0.717, 1.165) is 13.0 Å². The Balaban J connectivity index is 2.70. The van der Waals surface area contributed by atoms with Crippen molar-refractivity contribution >= 4 is 11.9 Å². The fourth-order valence-electron chi connectivity index (χ4n) is 2.24. The third-order valence-corrected chi connectivity index (χ3v) is 3.65. The molecule has 1 aliphatic rings. The highest BCUT2D eigenvalue weighted by Crippen LogP contribution is 2.34. The Morgan fingerprint density at radius 3 is 2.41 bits per heavy atom. The highest BCUT2D eigenvalue weighted by Gasteiger charge is 2.44. The minimum atomic E-state index is -0.594. The maximum atomic E-state index is 12.3. The third kappa shape index (κ3) is 2.77. The second-order valence-electron chi connectivity index (χ2n) is 4.96. The van der Waals surface area contributed by atoms with Crippen LogP contribution in [0.5, 0.6) is 0 Å². The van der Waals surface area contributed by atoms with E-state index in [1.165, 1.54) is 7.11 Å². The van der Waals surface area contributed by atoms with Crippen LogP contribution in [0.2, 0.25) is 0 Å². The van der Waals surface area contributed by atoms with Crippen molar-refractivity contribution in [2.24, 2.45) is 11.3 Å². The smallest absolute Gasteiger partial charge is 0.328 e. The first-order chi connectivity index (χ1) is 7.94. The Morgan fingerprint density at radius 1 is 1.35 bits per heavy atom. The van der Waals surface area contributed by atoms with Crippen molar-refractivity contribution in [3.8, 4) is 0 Å². The van der Waals surface area contributed by atoms with Gasteiger partial charge in [-0.25, -0.2) is 4.79 Å². The molecule has 1 amide bonds. The molecule has 1 heterocycles. The number of carbonyl (C=O) groups excluding carboxylic acids is 2. The maximum absolute atomic E-state index is 12.3. The van der Waals surface area contributed by atoms with Crippen LogP contribution in [-0.4, -0.2) is 38.1 Å². The lowest BCUT2D eigenvalue weighted by atomic mass is 9.75. The zero-order valence-corrected chi connectivity index (χ0v) is 11.0. The third-order valence-electron chi connectivity index (χ3n) is 3.65. The number of carbonyl (C=O) groups is 2. The summed E-state index contributed by atoms with van der Waals surface area (Å²) in [4.78, 5) is 23.6. The van der Waals surface area contributed by atoms with Gasteiger partial charge in [0, 0.05) is 6.54 Å². The van der Waals surface area contributed by atoms with Crippen LogP contribution in [0.3, 0.4) is 0 Å². The number of esters is 1. The zero-order chi connectivity index (χ0) is 13.1. The normalized spacial score (nSPS) is 25.7. The van der Waals surface area contributed by atoms with E-state index in [-0.39, 0.29) is 11.8 Å². The van der Waals surface area contributed by atoms with Crippen LogP contribution in [0.15, 0.2) is 0 Å². The number of ether oxygens (including phenoxy) is 1. The van der Waals surface area contributed by atoms with E-state index in [1.807, 2.05) is 13.8 Å². The molecule has 0 radical (unpaired) electrons. The molecule has 2 N–H and O–H groups in total. The monoisotopic (exact) mass is 242 g/mol. The Hall–Kier alpha value is -1.10. The molecule has 0 spiro atoms. The molecule has 2 unspecified atom stereocenters. The van der Waals surface area contributed by atoms with Gasteiger partial charge in [0.2, 0.25) is 5.91 Å². The summed E-state index contributed by atoms with van der Waals surface area (Å²) < 4.78 is 4.60. The summed E-state index contributed by atoms with van der Waals surface area (Å²) in [6.45, 7) is 7.23. The molecule has 0 aromatic carbocycles. The van der Waals surface area contributed by atoms with E-state index >= 15 is 0 Å². The number of methoxy groups -OCH3 is 1. The molecule has 1 aliphatic heterocycles. The van der Waals surface area contributed by atoms with Gasteiger partial charge in [-0.1, -0.05) is 13.8 Å². The molecular weight excluding hydrogens is 220 g/mol. The first-order valence-electron chi connectivity index (χ1n) is 6.03. The molecule has 1 rings (SSSR count). The first-order valence-corrected chi connectivity index (χ1v) is 6.03. The maximum Gasteiger partial charge on any atom is 0.328 e. The number of amides is 1. The topological polar surface area (TPSA) is 67.4 Å². The number of hydrogen-bond donors (Lipinski definition) is 2. The lowest BCUT2D eigenvalue weighted by molar-refractivity contribution is -0.146. The van der Waals surface area contributed by atoms with Gasteiger partial charge in [-0.05, 0) is 25.8 Å². The lowest BCUT2D eigenvalue weighted by Crippen LogP contribution is -2.50. The first kappa shape index (κ1) is 14.0. The van der Waals surface area contributed by atoms with Crippen molar-refractivity contribution < 1.29 is 14.3 Å².